The van der Waals surface area contributed by atoms with Crippen molar-refractivity contribution in [1.29, 1.82) is 0 Å². The van der Waals surface area contributed by atoms with E-state index in [4.69, 9.17) is 14.2 Å². The first-order valence-electron chi connectivity index (χ1n) is 10.2. The lowest BCUT2D eigenvalue weighted by atomic mass is 10.1. The van der Waals surface area contributed by atoms with Crippen molar-refractivity contribution in [2.24, 2.45) is 0 Å². The van der Waals surface area contributed by atoms with Crippen LogP contribution in [0.5, 0.6) is 17.2 Å². The Labute approximate surface area is 193 Å². The topological polar surface area (TPSA) is 85.9 Å². The Kier molecular flexibility index (Phi) is 7.70. The Bertz CT molecular complexity index is 1150. The first-order valence-corrected chi connectivity index (χ1v) is 10.2. The van der Waals surface area contributed by atoms with E-state index in [-0.39, 0.29) is 11.8 Å². The monoisotopic (exact) mass is 446 g/mol. The van der Waals surface area contributed by atoms with Gasteiger partial charge in [0.05, 0.1) is 21.3 Å². The summed E-state index contributed by atoms with van der Waals surface area (Å²) in [5.74, 6) is 0.929. The van der Waals surface area contributed by atoms with Crippen molar-refractivity contribution in [3.63, 3.8) is 0 Å². The summed E-state index contributed by atoms with van der Waals surface area (Å²) in [4.78, 5) is 25.0. The molecule has 3 rings (SSSR count). The van der Waals surface area contributed by atoms with Gasteiger partial charge in [-0.1, -0.05) is 24.3 Å². The number of amides is 2. The van der Waals surface area contributed by atoms with E-state index < -0.39 is 0 Å². The number of benzene rings is 3. The fourth-order valence-corrected chi connectivity index (χ4v) is 3.23. The van der Waals surface area contributed by atoms with Gasteiger partial charge in [0.2, 0.25) is 11.7 Å². The normalized spacial score (nSPS) is 10.5. The average Bonchev–Trinajstić information content (AvgIpc) is 2.84. The molecule has 0 saturated heterocycles. The molecule has 2 amide bonds. The van der Waals surface area contributed by atoms with E-state index in [2.05, 4.69) is 10.6 Å². The maximum atomic E-state index is 12.6. The van der Waals surface area contributed by atoms with Crippen molar-refractivity contribution in [3.8, 4) is 17.2 Å². The molecule has 3 aromatic rings. The molecule has 0 radical (unpaired) electrons. The number of ether oxygens (including phenoxy) is 3. The van der Waals surface area contributed by atoms with Crippen molar-refractivity contribution >= 4 is 29.3 Å². The van der Waals surface area contributed by atoms with Gasteiger partial charge < -0.3 is 24.8 Å². The molecule has 0 bridgehead atoms. The van der Waals surface area contributed by atoms with Crippen molar-refractivity contribution in [2.75, 3.05) is 32.0 Å². The van der Waals surface area contributed by atoms with Gasteiger partial charge in [-0.15, -0.1) is 0 Å². The van der Waals surface area contributed by atoms with Crippen molar-refractivity contribution in [1.82, 2.24) is 0 Å². The highest BCUT2D eigenvalue weighted by Gasteiger charge is 2.13. The third kappa shape index (κ3) is 5.71. The maximum absolute atomic E-state index is 12.6. The molecule has 0 aliphatic rings. The van der Waals surface area contributed by atoms with Gasteiger partial charge in [-0.3, -0.25) is 9.59 Å². The average molecular weight is 447 g/mol. The number of hydrogen-bond acceptors (Lipinski definition) is 5. The highest BCUT2D eigenvalue weighted by molar-refractivity contribution is 6.06. The van der Waals surface area contributed by atoms with Crippen LogP contribution in [0.15, 0.2) is 66.7 Å². The molecule has 0 aliphatic carbocycles. The fourth-order valence-electron chi connectivity index (χ4n) is 3.23. The Morgan fingerprint density at radius 2 is 1.39 bits per heavy atom. The Morgan fingerprint density at radius 3 is 1.97 bits per heavy atom. The smallest absolute Gasteiger partial charge is 0.255 e. The van der Waals surface area contributed by atoms with E-state index in [0.717, 1.165) is 5.56 Å². The summed E-state index contributed by atoms with van der Waals surface area (Å²) in [7, 11) is 4.59. The van der Waals surface area contributed by atoms with Crippen LogP contribution in [-0.2, 0) is 4.79 Å². The molecule has 2 N–H and O–H groups in total. The van der Waals surface area contributed by atoms with Crippen molar-refractivity contribution < 1.29 is 23.8 Å². The predicted octanol–water partition coefficient (Wildman–Crippen LogP) is 4.93. The van der Waals surface area contributed by atoms with Crippen LogP contribution < -0.4 is 24.8 Å². The summed E-state index contributed by atoms with van der Waals surface area (Å²) in [5.41, 5.74) is 3.23. The first kappa shape index (κ1) is 23.4. The van der Waals surface area contributed by atoms with Gasteiger partial charge in [-0.05, 0) is 60.5 Å². The summed E-state index contributed by atoms with van der Waals surface area (Å²) in [6, 6.07) is 17.8. The molecule has 0 atom stereocenters. The number of hydrogen-bond donors (Lipinski definition) is 2. The van der Waals surface area contributed by atoms with Crippen LogP contribution in [0, 0.1) is 6.92 Å². The maximum Gasteiger partial charge on any atom is 0.255 e. The van der Waals surface area contributed by atoms with Crippen LogP contribution in [0.2, 0.25) is 0 Å². The minimum Gasteiger partial charge on any atom is -0.493 e. The third-order valence-corrected chi connectivity index (χ3v) is 4.99. The minimum absolute atomic E-state index is 0.218. The second-order valence-electron chi connectivity index (χ2n) is 7.08. The molecule has 170 valence electrons. The Balaban J connectivity index is 1.74. The zero-order chi connectivity index (χ0) is 23.8. The summed E-state index contributed by atoms with van der Waals surface area (Å²) in [6.07, 6.45) is 3.06. The van der Waals surface area contributed by atoms with Crippen molar-refractivity contribution in [3.05, 3.63) is 83.4 Å². The molecule has 33 heavy (non-hydrogen) atoms. The molecule has 0 unspecified atom stereocenters. The van der Waals surface area contributed by atoms with Crippen LogP contribution >= 0.6 is 0 Å². The van der Waals surface area contributed by atoms with E-state index >= 15 is 0 Å². The number of carbonyl (C=O) groups is 2. The number of methoxy groups -OCH3 is 3. The van der Waals surface area contributed by atoms with E-state index in [1.807, 2.05) is 13.0 Å². The SMILES string of the molecule is COc1cc(C=CC(=O)Nc2cccc(NC(=O)c3ccccc3)c2C)cc(OC)c1OC. The zero-order valence-corrected chi connectivity index (χ0v) is 19.0. The lowest BCUT2D eigenvalue weighted by Gasteiger charge is -2.13. The number of anilines is 2. The summed E-state index contributed by atoms with van der Waals surface area (Å²) >= 11 is 0. The molecule has 0 fully saturated rings. The molecule has 7 heteroatoms. The summed E-state index contributed by atoms with van der Waals surface area (Å²) in [5, 5.41) is 5.74. The van der Waals surface area contributed by atoms with Gasteiger partial charge in [0.25, 0.3) is 5.91 Å². The lowest BCUT2D eigenvalue weighted by molar-refractivity contribution is -0.111. The van der Waals surface area contributed by atoms with Gasteiger partial charge in [-0.25, -0.2) is 0 Å². The number of carbonyl (C=O) groups excluding carboxylic acids is 2. The molecule has 3 aromatic carbocycles. The minimum atomic E-state index is -0.321. The van der Waals surface area contributed by atoms with Gasteiger partial charge in [0.1, 0.15) is 0 Å². The van der Waals surface area contributed by atoms with Gasteiger partial charge in [0.15, 0.2) is 11.5 Å². The molecule has 7 nitrogen and oxygen atoms in total. The van der Waals surface area contributed by atoms with Crippen LogP contribution in [0.25, 0.3) is 6.08 Å². The first-order chi connectivity index (χ1) is 16.0. The van der Waals surface area contributed by atoms with Gasteiger partial charge >= 0.3 is 0 Å². The second kappa shape index (κ2) is 10.9. The van der Waals surface area contributed by atoms with E-state index in [1.165, 1.54) is 27.4 Å². The quantitative estimate of drug-likeness (QED) is 0.480. The van der Waals surface area contributed by atoms with Crippen LogP contribution in [0.4, 0.5) is 11.4 Å². The Hall–Kier alpha value is -4.26. The molecule has 0 aliphatic heterocycles. The lowest BCUT2D eigenvalue weighted by Crippen LogP contribution is -2.14. The van der Waals surface area contributed by atoms with Gasteiger partial charge in [0, 0.05) is 23.0 Å². The fraction of sp³-hybridized carbons (Fsp3) is 0.154. The zero-order valence-electron chi connectivity index (χ0n) is 19.0. The van der Waals surface area contributed by atoms with Crippen LogP contribution in [-0.4, -0.2) is 33.1 Å². The summed E-state index contributed by atoms with van der Waals surface area (Å²) < 4.78 is 16.0. The molecule has 0 heterocycles. The third-order valence-electron chi connectivity index (χ3n) is 4.99. The van der Waals surface area contributed by atoms with E-state index in [9.17, 15) is 9.59 Å². The number of nitrogens with one attached hydrogen (secondary N) is 2. The molecular formula is C26H26N2O5. The van der Waals surface area contributed by atoms with E-state index in [1.54, 1.807) is 60.7 Å². The predicted molar refractivity (Wildman–Crippen MR) is 129 cm³/mol. The standard InChI is InChI=1S/C26H26N2O5/c1-17-20(11-8-12-21(17)28-26(30)19-9-6-5-7-10-19)27-24(29)14-13-18-15-22(31-2)25(33-4)23(16-18)32-3/h5-16H,1-4H3,(H,27,29)(H,28,30). The van der Waals surface area contributed by atoms with Crippen LogP contribution in [0.1, 0.15) is 21.5 Å². The second-order valence-corrected chi connectivity index (χ2v) is 7.08. The Morgan fingerprint density at radius 1 is 0.788 bits per heavy atom. The molecule has 0 aromatic heterocycles. The highest BCUT2D eigenvalue weighted by Crippen LogP contribution is 2.38. The highest BCUT2D eigenvalue weighted by atomic mass is 16.5. The van der Waals surface area contributed by atoms with Crippen LogP contribution in [0.3, 0.4) is 0 Å². The summed E-state index contributed by atoms with van der Waals surface area (Å²) in [6.45, 7) is 1.83. The molecular weight excluding hydrogens is 420 g/mol. The van der Waals surface area contributed by atoms with Gasteiger partial charge in [-0.2, -0.15) is 0 Å². The molecule has 0 spiro atoms. The largest absolute Gasteiger partial charge is 0.493 e. The van der Waals surface area contributed by atoms with E-state index in [0.29, 0.717) is 39.8 Å². The number of rotatable bonds is 8. The molecule has 0 saturated carbocycles. The van der Waals surface area contributed by atoms with Crippen molar-refractivity contribution in [2.45, 2.75) is 6.92 Å².